The fraction of sp³-hybridized carbons (Fsp3) is 0.571. The van der Waals surface area contributed by atoms with Crippen molar-refractivity contribution in [2.24, 2.45) is 11.8 Å². The predicted molar refractivity (Wildman–Crippen MR) is 140 cm³/mol. The van der Waals surface area contributed by atoms with Gasteiger partial charge in [-0.25, -0.2) is 0 Å². The van der Waals surface area contributed by atoms with Gasteiger partial charge in [0.25, 0.3) is 0 Å². The summed E-state index contributed by atoms with van der Waals surface area (Å²) in [6, 6.07) is 4.96. The number of methoxy groups -OCH3 is 4. The molecule has 2 aromatic carbocycles. The van der Waals surface area contributed by atoms with E-state index in [0.29, 0.717) is 17.5 Å². The molecule has 1 aliphatic carbocycles. The number of ether oxygens (including phenoxy) is 6. The smallest absolute Gasteiger partial charge is 0.201 e. The fourth-order valence-electron chi connectivity index (χ4n) is 5.80. The molecule has 1 aliphatic heterocycles. The lowest BCUT2D eigenvalue weighted by Crippen LogP contribution is -2.57. The van der Waals surface area contributed by atoms with E-state index in [4.69, 9.17) is 28.4 Å². The first kappa shape index (κ1) is 30.0. The number of rotatable bonds is 9. The Hall–Kier alpha value is -3.00. The Labute approximate surface area is 232 Å². The third-order valence-electron chi connectivity index (χ3n) is 7.95. The number of aliphatic hydroxyl groups is 4. The summed E-state index contributed by atoms with van der Waals surface area (Å²) >= 11 is 0. The van der Waals surface area contributed by atoms with Crippen LogP contribution in [0.4, 0.5) is 0 Å². The van der Waals surface area contributed by atoms with Crippen LogP contribution in [0.5, 0.6) is 34.5 Å². The van der Waals surface area contributed by atoms with E-state index < -0.39 is 42.5 Å². The van der Waals surface area contributed by atoms with Crippen LogP contribution in [0.1, 0.15) is 29.5 Å². The Morgan fingerprint density at radius 2 is 1.43 bits per heavy atom. The minimum atomic E-state index is -1.48. The first-order chi connectivity index (χ1) is 19.1. The molecule has 12 heteroatoms. The third-order valence-corrected chi connectivity index (χ3v) is 7.95. The quantitative estimate of drug-likeness (QED) is 0.253. The molecule has 8 atom stereocenters. The highest BCUT2D eigenvalue weighted by atomic mass is 16.7. The fourth-order valence-corrected chi connectivity index (χ4v) is 5.80. The van der Waals surface area contributed by atoms with Crippen LogP contribution in [0.2, 0.25) is 0 Å². The number of hydrogen-bond donors (Lipinski definition) is 6. The minimum Gasteiger partial charge on any atom is -0.502 e. The molecule has 6 N–H and O–H groups in total. The van der Waals surface area contributed by atoms with Crippen LogP contribution in [0.3, 0.4) is 0 Å². The number of aliphatic hydroxyl groups excluding tert-OH is 4. The molecular formula is C28H38O12. The van der Waals surface area contributed by atoms with E-state index in [1.165, 1.54) is 28.4 Å². The van der Waals surface area contributed by atoms with Gasteiger partial charge in [-0.1, -0.05) is 0 Å². The Kier molecular flexibility index (Phi) is 9.18. The maximum Gasteiger partial charge on any atom is 0.201 e. The third kappa shape index (κ3) is 5.22. The van der Waals surface area contributed by atoms with Gasteiger partial charge in [-0.3, -0.25) is 0 Å². The molecule has 1 heterocycles. The average molecular weight is 567 g/mol. The van der Waals surface area contributed by atoms with Gasteiger partial charge in [0.05, 0.1) is 41.2 Å². The Bertz CT molecular complexity index is 1160. The molecule has 40 heavy (non-hydrogen) atoms. The van der Waals surface area contributed by atoms with Crippen molar-refractivity contribution in [2.75, 3.05) is 41.7 Å². The normalized spacial score (nSPS) is 29.9. The second-order valence-electron chi connectivity index (χ2n) is 10.1. The molecule has 1 saturated heterocycles. The Morgan fingerprint density at radius 1 is 0.825 bits per heavy atom. The Morgan fingerprint density at radius 3 is 1.98 bits per heavy atom. The van der Waals surface area contributed by atoms with Crippen molar-refractivity contribution in [1.29, 1.82) is 0 Å². The molecule has 222 valence electrons. The van der Waals surface area contributed by atoms with E-state index in [1.54, 1.807) is 25.1 Å². The van der Waals surface area contributed by atoms with E-state index in [1.807, 2.05) is 0 Å². The van der Waals surface area contributed by atoms with E-state index in [9.17, 15) is 30.6 Å². The highest BCUT2D eigenvalue weighted by molar-refractivity contribution is 5.64. The van der Waals surface area contributed by atoms with Gasteiger partial charge < -0.3 is 59.1 Å². The topological polar surface area (TPSA) is 177 Å². The molecule has 0 radical (unpaired) electrons. The molecule has 1 fully saturated rings. The van der Waals surface area contributed by atoms with Crippen LogP contribution in [0, 0.1) is 11.8 Å². The predicted octanol–water partition coefficient (Wildman–Crippen LogP) is 0.889. The van der Waals surface area contributed by atoms with Gasteiger partial charge in [0.2, 0.25) is 11.5 Å². The average Bonchev–Trinajstić information content (AvgIpc) is 2.96. The van der Waals surface area contributed by atoms with Crippen molar-refractivity contribution < 1.29 is 59.1 Å². The van der Waals surface area contributed by atoms with Crippen molar-refractivity contribution in [3.05, 3.63) is 34.9 Å². The summed E-state index contributed by atoms with van der Waals surface area (Å²) in [4.78, 5) is 0. The molecule has 2 aliphatic rings. The number of fused-ring (bicyclic) bond motifs is 1. The number of phenols is 2. The standard InChI is InChI=1S/C28H38O12/c1-12-22(30)25(33)26(34)28(40-12)39-11-15-6-13-7-19(37-4)24(32)27(38-5)21(13)20(16(15)10-29)14-8-17(35-2)23(31)18(9-14)36-3/h7-9,12,15-16,20,22,25-26,28-34H,6,10-11H2,1-5H3. The second kappa shape index (κ2) is 12.2. The largest absolute Gasteiger partial charge is 0.502 e. The van der Waals surface area contributed by atoms with E-state index in [0.717, 1.165) is 5.56 Å². The number of benzene rings is 2. The number of aromatic hydroxyl groups is 2. The van der Waals surface area contributed by atoms with E-state index >= 15 is 0 Å². The number of hydrogen-bond acceptors (Lipinski definition) is 12. The van der Waals surface area contributed by atoms with Crippen molar-refractivity contribution in [1.82, 2.24) is 0 Å². The van der Waals surface area contributed by atoms with Crippen LogP contribution < -0.4 is 18.9 Å². The van der Waals surface area contributed by atoms with Gasteiger partial charge in [0.15, 0.2) is 29.3 Å². The first-order valence-electron chi connectivity index (χ1n) is 12.9. The van der Waals surface area contributed by atoms with Crippen molar-refractivity contribution >= 4 is 0 Å². The molecule has 0 saturated carbocycles. The molecular weight excluding hydrogens is 528 g/mol. The lowest BCUT2D eigenvalue weighted by Gasteiger charge is -2.42. The highest BCUT2D eigenvalue weighted by Crippen LogP contribution is 2.54. The molecule has 0 amide bonds. The molecule has 12 nitrogen and oxygen atoms in total. The van der Waals surface area contributed by atoms with E-state index in [-0.39, 0.29) is 53.6 Å². The Balaban J connectivity index is 1.81. The minimum absolute atomic E-state index is 0.0102. The molecule has 2 aromatic rings. The molecule has 0 spiro atoms. The van der Waals surface area contributed by atoms with Crippen molar-refractivity contribution in [2.45, 2.75) is 50.0 Å². The lowest BCUT2D eigenvalue weighted by molar-refractivity contribution is -0.296. The molecule has 0 aromatic heterocycles. The van der Waals surface area contributed by atoms with Crippen LogP contribution >= 0.6 is 0 Å². The zero-order valence-corrected chi connectivity index (χ0v) is 23.1. The zero-order valence-electron chi connectivity index (χ0n) is 23.1. The zero-order chi connectivity index (χ0) is 29.3. The van der Waals surface area contributed by atoms with Crippen molar-refractivity contribution in [3.63, 3.8) is 0 Å². The van der Waals surface area contributed by atoms with Gasteiger partial charge in [0.1, 0.15) is 18.3 Å². The maximum atomic E-state index is 10.9. The SMILES string of the molecule is COc1cc(C2c3c(cc(OC)c(O)c3OC)CC(COC3OC(C)C(O)C(O)C3O)C2CO)cc(OC)c1O. The second-order valence-corrected chi connectivity index (χ2v) is 10.1. The van der Waals surface area contributed by atoms with Crippen LogP contribution in [-0.4, -0.2) is 103 Å². The summed E-state index contributed by atoms with van der Waals surface area (Å²) in [5, 5.41) is 62.9. The molecule has 0 bridgehead atoms. The summed E-state index contributed by atoms with van der Waals surface area (Å²) in [5.41, 5.74) is 1.99. The first-order valence-corrected chi connectivity index (χ1v) is 12.9. The number of phenolic OH excluding ortho intramolecular Hbond substituents is 2. The monoisotopic (exact) mass is 566 g/mol. The van der Waals surface area contributed by atoms with Gasteiger partial charge in [-0.2, -0.15) is 0 Å². The summed E-state index contributed by atoms with van der Waals surface area (Å²) in [6.45, 7) is 1.28. The molecule has 8 unspecified atom stereocenters. The van der Waals surface area contributed by atoms with Gasteiger partial charge in [0, 0.05) is 18.1 Å². The van der Waals surface area contributed by atoms with Gasteiger partial charge in [-0.05, 0) is 54.5 Å². The summed E-state index contributed by atoms with van der Waals surface area (Å²) in [5.74, 6) is -1.16. The van der Waals surface area contributed by atoms with Crippen molar-refractivity contribution in [3.8, 4) is 34.5 Å². The summed E-state index contributed by atoms with van der Waals surface area (Å²) < 4.78 is 33.3. The lowest BCUT2D eigenvalue weighted by atomic mass is 9.66. The molecule has 4 rings (SSSR count). The van der Waals surface area contributed by atoms with Gasteiger partial charge >= 0.3 is 0 Å². The summed E-state index contributed by atoms with van der Waals surface area (Å²) in [7, 11) is 5.67. The summed E-state index contributed by atoms with van der Waals surface area (Å²) in [6.07, 6.45) is -5.79. The van der Waals surface area contributed by atoms with Gasteiger partial charge in [-0.15, -0.1) is 0 Å². The van der Waals surface area contributed by atoms with Crippen LogP contribution in [0.15, 0.2) is 18.2 Å². The highest BCUT2D eigenvalue weighted by Gasteiger charge is 2.45. The van der Waals surface area contributed by atoms with Crippen LogP contribution in [0.25, 0.3) is 0 Å². The maximum absolute atomic E-state index is 10.9. The van der Waals surface area contributed by atoms with Crippen LogP contribution in [-0.2, 0) is 15.9 Å². The van der Waals surface area contributed by atoms with E-state index in [2.05, 4.69) is 0 Å².